The summed E-state index contributed by atoms with van der Waals surface area (Å²) in [7, 11) is 0. The van der Waals surface area contributed by atoms with Gasteiger partial charge >= 0.3 is 0 Å². The number of hydrazine groups is 1. The Bertz CT molecular complexity index is 594. The number of nitrogens with zero attached hydrogens (tertiary/aromatic N) is 2. The average Bonchev–Trinajstić information content (AvgIpc) is 3.24. The van der Waals surface area contributed by atoms with Crippen molar-refractivity contribution in [3.63, 3.8) is 0 Å². The molecule has 2 unspecified atom stereocenters. The van der Waals surface area contributed by atoms with Crippen molar-refractivity contribution in [1.29, 1.82) is 0 Å². The number of pyridine rings is 1. The van der Waals surface area contributed by atoms with Crippen LogP contribution in [0.1, 0.15) is 44.6 Å². The van der Waals surface area contributed by atoms with Crippen molar-refractivity contribution in [1.82, 2.24) is 26.1 Å². The van der Waals surface area contributed by atoms with Crippen LogP contribution in [0.4, 0.5) is 0 Å². The Balaban J connectivity index is 1.66. The van der Waals surface area contributed by atoms with Crippen molar-refractivity contribution in [3.8, 4) is 0 Å². The molecule has 1 aromatic rings. The summed E-state index contributed by atoms with van der Waals surface area (Å²) >= 11 is 0. The van der Waals surface area contributed by atoms with Gasteiger partial charge in [0.15, 0.2) is 0 Å². The number of nitrogens with one attached hydrogen (secondary N) is 3. The zero-order valence-electron chi connectivity index (χ0n) is 14.7. The Kier molecular flexibility index (Phi) is 5.99. The first-order valence-corrected chi connectivity index (χ1v) is 9.13. The first-order valence-electron chi connectivity index (χ1n) is 9.13. The van der Waals surface area contributed by atoms with Gasteiger partial charge in [-0.2, -0.15) is 0 Å². The number of hydrogen-bond acceptors (Lipinski definition) is 5. The molecule has 7 heteroatoms. The maximum atomic E-state index is 13.1. The van der Waals surface area contributed by atoms with Crippen molar-refractivity contribution < 1.29 is 9.59 Å². The fourth-order valence-electron chi connectivity index (χ4n) is 3.57. The molecule has 3 atom stereocenters. The summed E-state index contributed by atoms with van der Waals surface area (Å²) in [4.78, 5) is 30.5. The fraction of sp³-hybridized carbons (Fsp3) is 0.611. The van der Waals surface area contributed by atoms with Crippen LogP contribution < -0.4 is 16.2 Å². The number of amides is 2. The third kappa shape index (κ3) is 4.76. The smallest absolute Gasteiger partial charge is 0.241 e. The molecule has 0 bridgehead atoms. The third-order valence-electron chi connectivity index (χ3n) is 4.85. The Morgan fingerprint density at radius 3 is 2.92 bits per heavy atom. The second-order valence-electron chi connectivity index (χ2n) is 6.95. The molecule has 3 heterocycles. The van der Waals surface area contributed by atoms with Gasteiger partial charge in [-0.1, -0.05) is 19.4 Å². The van der Waals surface area contributed by atoms with Gasteiger partial charge in [-0.25, -0.2) is 5.43 Å². The molecule has 0 aliphatic carbocycles. The summed E-state index contributed by atoms with van der Waals surface area (Å²) in [6.45, 7) is 3.19. The van der Waals surface area contributed by atoms with E-state index in [2.05, 4.69) is 28.1 Å². The fourth-order valence-corrected chi connectivity index (χ4v) is 3.57. The van der Waals surface area contributed by atoms with E-state index >= 15 is 0 Å². The van der Waals surface area contributed by atoms with E-state index in [0.29, 0.717) is 25.6 Å². The Hall–Kier alpha value is -1.99. The van der Waals surface area contributed by atoms with Gasteiger partial charge in [-0.05, 0) is 30.9 Å². The topological polar surface area (TPSA) is 86.4 Å². The van der Waals surface area contributed by atoms with Gasteiger partial charge in [0.1, 0.15) is 6.04 Å². The predicted molar refractivity (Wildman–Crippen MR) is 94.2 cm³/mol. The average molecular weight is 345 g/mol. The molecule has 3 rings (SSSR count). The van der Waals surface area contributed by atoms with E-state index in [9.17, 15) is 9.59 Å². The van der Waals surface area contributed by atoms with E-state index in [1.54, 1.807) is 12.4 Å². The summed E-state index contributed by atoms with van der Waals surface area (Å²) in [5.74, 6) is 0.151. The summed E-state index contributed by atoms with van der Waals surface area (Å²) < 4.78 is 0. The molecule has 2 saturated heterocycles. The summed E-state index contributed by atoms with van der Waals surface area (Å²) in [6.07, 6.45) is 7.78. The molecule has 0 aromatic carbocycles. The van der Waals surface area contributed by atoms with E-state index in [1.165, 1.54) is 0 Å². The van der Waals surface area contributed by atoms with Crippen LogP contribution in [0.15, 0.2) is 24.5 Å². The second-order valence-corrected chi connectivity index (χ2v) is 6.95. The van der Waals surface area contributed by atoms with Gasteiger partial charge < -0.3 is 10.2 Å². The molecule has 25 heavy (non-hydrogen) atoms. The van der Waals surface area contributed by atoms with Crippen LogP contribution in [0.2, 0.25) is 0 Å². The van der Waals surface area contributed by atoms with Gasteiger partial charge in [-0.15, -0.1) is 0 Å². The minimum Gasteiger partial charge on any atom is -0.352 e. The van der Waals surface area contributed by atoms with Gasteiger partial charge in [0.05, 0.1) is 0 Å². The summed E-state index contributed by atoms with van der Waals surface area (Å²) in [5.41, 5.74) is 7.37. The lowest BCUT2D eigenvalue weighted by Gasteiger charge is -2.28. The first-order chi connectivity index (χ1) is 12.2. The van der Waals surface area contributed by atoms with Crippen LogP contribution in [0, 0.1) is 0 Å². The summed E-state index contributed by atoms with van der Waals surface area (Å²) in [5, 5.41) is 2.96. The minimum atomic E-state index is -0.217. The van der Waals surface area contributed by atoms with Crippen molar-refractivity contribution in [3.05, 3.63) is 30.1 Å². The molecule has 2 fully saturated rings. The lowest BCUT2D eigenvalue weighted by molar-refractivity contribution is -0.134. The van der Waals surface area contributed by atoms with Crippen LogP contribution in [0.5, 0.6) is 0 Å². The maximum Gasteiger partial charge on any atom is 0.241 e. The zero-order chi connectivity index (χ0) is 17.6. The van der Waals surface area contributed by atoms with Crippen molar-refractivity contribution in [2.75, 3.05) is 6.54 Å². The largest absolute Gasteiger partial charge is 0.352 e. The molecule has 7 nitrogen and oxygen atoms in total. The number of rotatable bonds is 7. The lowest BCUT2D eigenvalue weighted by Crippen LogP contribution is -2.49. The minimum absolute atomic E-state index is 0.0360. The Morgan fingerprint density at radius 2 is 2.24 bits per heavy atom. The molecule has 1 aromatic heterocycles. The summed E-state index contributed by atoms with van der Waals surface area (Å²) in [6, 6.07) is 4.01. The second kappa shape index (κ2) is 8.40. The molecular formula is C18H27N5O2. The van der Waals surface area contributed by atoms with E-state index in [4.69, 9.17) is 0 Å². The number of hydrogen-bond donors (Lipinski definition) is 3. The van der Waals surface area contributed by atoms with Crippen LogP contribution in [-0.2, 0) is 16.1 Å². The first kappa shape index (κ1) is 17.8. The van der Waals surface area contributed by atoms with Crippen LogP contribution in [0.3, 0.4) is 0 Å². The highest BCUT2D eigenvalue weighted by Gasteiger charge is 2.33. The van der Waals surface area contributed by atoms with Gasteiger partial charge in [0.25, 0.3) is 0 Å². The molecular weight excluding hydrogens is 318 g/mol. The maximum absolute atomic E-state index is 13.1. The third-order valence-corrected chi connectivity index (χ3v) is 4.85. The Labute approximate surface area is 148 Å². The van der Waals surface area contributed by atoms with Crippen molar-refractivity contribution in [2.45, 2.75) is 63.7 Å². The zero-order valence-corrected chi connectivity index (χ0v) is 14.7. The molecule has 0 saturated carbocycles. The van der Waals surface area contributed by atoms with E-state index in [1.807, 2.05) is 17.0 Å². The highest BCUT2D eigenvalue weighted by Crippen LogP contribution is 2.16. The van der Waals surface area contributed by atoms with Crippen molar-refractivity contribution in [2.24, 2.45) is 0 Å². The predicted octanol–water partition coefficient (Wildman–Crippen LogP) is 0.724. The number of carbonyl (C=O) groups is 2. The highest BCUT2D eigenvalue weighted by molar-refractivity contribution is 5.83. The van der Waals surface area contributed by atoms with Gasteiger partial charge in [0.2, 0.25) is 11.8 Å². The number of aromatic nitrogens is 1. The van der Waals surface area contributed by atoms with E-state index in [0.717, 1.165) is 31.2 Å². The van der Waals surface area contributed by atoms with Gasteiger partial charge in [0, 0.05) is 44.0 Å². The normalized spacial score (nSPS) is 25.8. The SMILES string of the molecule is CCCC1CC(C(=O)N(Cc2cccnc2)C[C@@H]2CCC(=O)N2)NN1. The molecule has 0 radical (unpaired) electrons. The standard InChI is InChI=1S/C18H27N5O2/c1-2-4-14-9-16(22-21-14)18(25)23(11-13-5-3-8-19-10-13)12-15-6-7-17(24)20-15/h3,5,8,10,14-16,21-22H,2,4,6-7,9,11-12H2,1H3,(H,20,24)/t14?,15-,16?/m0/s1. The van der Waals surface area contributed by atoms with Crippen LogP contribution in [0.25, 0.3) is 0 Å². The van der Waals surface area contributed by atoms with Crippen molar-refractivity contribution >= 4 is 11.8 Å². The molecule has 2 aliphatic heterocycles. The quantitative estimate of drug-likeness (QED) is 0.678. The Morgan fingerprint density at radius 1 is 1.36 bits per heavy atom. The molecule has 136 valence electrons. The van der Waals surface area contributed by atoms with E-state index in [-0.39, 0.29) is 23.9 Å². The van der Waals surface area contributed by atoms with Gasteiger partial charge in [-0.3, -0.25) is 20.0 Å². The van der Waals surface area contributed by atoms with E-state index < -0.39 is 0 Å². The molecule has 0 spiro atoms. The highest BCUT2D eigenvalue weighted by atomic mass is 16.2. The molecule has 2 amide bonds. The van der Waals surface area contributed by atoms with Crippen LogP contribution in [-0.4, -0.2) is 46.4 Å². The molecule has 3 N–H and O–H groups in total. The lowest BCUT2D eigenvalue weighted by atomic mass is 10.0. The number of carbonyl (C=O) groups excluding carboxylic acids is 2. The molecule has 2 aliphatic rings. The monoisotopic (exact) mass is 345 g/mol. The van der Waals surface area contributed by atoms with Crippen LogP contribution >= 0.6 is 0 Å².